The summed E-state index contributed by atoms with van der Waals surface area (Å²) >= 11 is 6.11. The Morgan fingerprint density at radius 1 is 1.48 bits per heavy atom. The normalized spacial score (nSPS) is 18.0. The zero-order valence-electron chi connectivity index (χ0n) is 11.6. The highest BCUT2D eigenvalue weighted by molar-refractivity contribution is 6.31. The molecule has 0 saturated heterocycles. The molecule has 0 radical (unpaired) electrons. The van der Waals surface area contributed by atoms with E-state index in [2.05, 4.69) is 10.6 Å². The molecular weight excluding hydrogens is 296 g/mol. The van der Waals surface area contributed by atoms with Crippen LogP contribution in [-0.2, 0) is 9.53 Å². The number of phenolic OH excluding ortho intramolecular Hbond substituents is 1. The number of ether oxygens (including phenoxy) is 1. The number of amides is 2. The third-order valence-electron chi connectivity index (χ3n) is 3.06. The molecule has 112 valence electrons. The van der Waals surface area contributed by atoms with Crippen molar-refractivity contribution < 1.29 is 19.4 Å². The molecule has 1 aromatic rings. The molecule has 2 rings (SSSR count). The van der Waals surface area contributed by atoms with Crippen LogP contribution in [0.3, 0.4) is 0 Å². The lowest BCUT2D eigenvalue weighted by Crippen LogP contribution is -2.45. The monoisotopic (exact) mass is 310 g/mol. The number of aromatic hydroxyl groups is 1. The third-order valence-corrected chi connectivity index (χ3v) is 3.40. The van der Waals surface area contributed by atoms with Crippen LogP contribution in [0.4, 0.5) is 4.79 Å². The van der Waals surface area contributed by atoms with E-state index in [-0.39, 0.29) is 17.9 Å². The lowest BCUT2D eigenvalue weighted by molar-refractivity contribution is -0.139. The molecule has 1 aliphatic heterocycles. The summed E-state index contributed by atoms with van der Waals surface area (Å²) in [5.74, 6) is -0.560. The van der Waals surface area contributed by atoms with E-state index in [0.29, 0.717) is 16.3 Å². The molecule has 3 N–H and O–H groups in total. The molecule has 0 aliphatic carbocycles. The number of carbonyl (C=O) groups excluding carboxylic acids is 2. The van der Waals surface area contributed by atoms with Gasteiger partial charge in [-0.2, -0.15) is 0 Å². The predicted molar refractivity (Wildman–Crippen MR) is 76.9 cm³/mol. The number of esters is 1. The Hall–Kier alpha value is -2.21. The first-order valence-corrected chi connectivity index (χ1v) is 6.75. The minimum absolute atomic E-state index is 0.0111. The summed E-state index contributed by atoms with van der Waals surface area (Å²) in [6.45, 7) is 3.51. The van der Waals surface area contributed by atoms with Crippen molar-refractivity contribution in [2.45, 2.75) is 19.9 Å². The highest BCUT2D eigenvalue weighted by atomic mass is 35.5. The highest BCUT2D eigenvalue weighted by Crippen LogP contribution is 2.34. The lowest BCUT2D eigenvalue weighted by atomic mass is 9.95. The van der Waals surface area contributed by atoms with Crippen LogP contribution in [0.15, 0.2) is 29.5 Å². The van der Waals surface area contributed by atoms with Gasteiger partial charge in [0.25, 0.3) is 0 Å². The summed E-state index contributed by atoms with van der Waals surface area (Å²) < 4.78 is 5.02. The Labute approximate surface area is 126 Å². The maximum atomic E-state index is 12.1. The van der Waals surface area contributed by atoms with Gasteiger partial charge in [0.15, 0.2) is 0 Å². The molecule has 0 bridgehead atoms. The van der Waals surface area contributed by atoms with E-state index in [0.717, 1.165) is 0 Å². The van der Waals surface area contributed by atoms with Crippen LogP contribution >= 0.6 is 11.6 Å². The Morgan fingerprint density at radius 2 is 2.19 bits per heavy atom. The van der Waals surface area contributed by atoms with Gasteiger partial charge in [0, 0.05) is 16.3 Å². The van der Waals surface area contributed by atoms with Gasteiger partial charge in [-0.25, -0.2) is 9.59 Å². The molecule has 1 aliphatic rings. The number of nitrogens with one attached hydrogen (secondary N) is 2. The molecule has 0 fully saturated rings. The average Bonchev–Trinajstić information content (AvgIpc) is 2.40. The van der Waals surface area contributed by atoms with Crippen molar-refractivity contribution in [1.29, 1.82) is 0 Å². The molecule has 2 amide bonds. The largest absolute Gasteiger partial charge is 0.508 e. The average molecular weight is 311 g/mol. The first-order chi connectivity index (χ1) is 9.93. The van der Waals surface area contributed by atoms with Gasteiger partial charge in [0.1, 0.15) is 5.75 Å². The van der Waals surface area contributed by atoms with Gasteiger partial charge in [-0.05, 0) is 32.0 Å². The number of urea groups is 1. The van der Waals surface area contributed by atoms with Crippen molar-refractivity contribution in [3.63, 3.8) is 0 Å². The molecule has 7 heteroatoms. The van der Waals surface area contributed by atoms with Crippen molar-refractivity contribution in [2.75, 3.05) is 6.61 Å². The maximum Gasteiger partial charge on any atom is 0.338 e. The van der Waals surface area contributed by atoms with Gasteiger partial charge >= 0.3 is 12.0 Å². The van der Waals surface area contributed by atoms with Gasteiger partial charge in [0.05, 0.1) is 18.2 Å². The molecular formula is C14H15ClN2O4. The number of benzene rings is 1. The summed E-state index contributed by atoms with van der Waals surface area (Å²) in [7, 11) is 0. The summed E-state index contributed by atoms with van der Waals surface area (Å²) in [6.07, 6.45) is 0. The molecule has 21 heavy (non-hydrogen) atoms. The molecule has 1 aromatic carbocycles. The van der Waals surface area contributed by atoms with Gasteiger partial charge in [-0.3, -0.25) is 0 Å². The molecule has 1 heterocycles. The third kappa shape index (κ3) is 3.11. The number of carbonyl (C=O) groups is 2. The zero-order valence-corrected chi connectivity index (χ0v) is 12.3. The second kappa shape index (κ2) is 6.05. The van der Waals surface area contributed by atoms with Crippen molar-refractivity contribution in [3.05, 3.63) is 40.1 Å². The van der Waals surface area contributed by atoms with Crippen molar-refractivity contribution >= 4 is 23.6 Å². The Morgan fingerprint density at radius 3 is 2.86 bits per heavy atom. The standard InChI is InChI=1S/C14H15ClN2O4/c1-3-21-13(19)11-7(2)16-14(20)17-12(11)9-6-8(18)4-5-10(9)15/h4-6,12,18H,3H2,1-2H3,(H2,16,17,20)/t12-/m1/s1. The number of phenols is 1. The van der Waals surface area contributed by atoms with Gasteiger partial charge in [0.2, 0.25) is 0 Å². The lowest BCUT2D eigenvalue weighted by Gasteiger charge is -2.28. The topological polar surface area (TPSA) is 87.7 Å². The molecule has 0 spiro atoms. The van der Waals surface area contributed by atoms with Crippen LogP contribution in [0.5, 0.6) is 5.75 Å². The second-order valence-corrected chi connectivity index (χ2v) is 4.90. The van der Waals surface area contributed by atoms with E-state index in [1.807, 2.05) is 0 Å². The number of halogens is 1. The summed E-state index contributed by atoms with van der Waals surface area (Å²) in [5.41, 5.74) is 1.07. The molecule has 0 unspecified atom stereocenters. The fraction of sp³-hybridized carbons (Fsp3) is 0.286. The van der Waals surface area contributed by atoms with Crippen molar-refractivity contribution in [3.8, 4) is 5.75 Å². The summed E-state index contributed by atoms with van der Waals surface area (Å²) in [6, 6.07) is 3.10. The van der Waals surface area contributed by atoms with Crippen LogP contribution in [0.25, 0.3) is 0 Å². The van der Waals surface area contributed by atoms with E-state index in [1.54, 1.807) is 13.8 Å². The molecule has 0 aromatic heterocycles. The van der Waals surface area contributed by atoms with Crippen LogP contribution in [0.1, 0.15) is 25.5 Å². The van der Waals surface area contributed by atoms with E-state index in [1.165, 1.54) is 18.2 Å². The van der Waals surface area contributed by atoms with E-state index >= 15 is 0 Å². The van der Waals surface area contributed by atoms with E-state index < -0.39 is 18.0 Å². The number of hydrogen-bond acceptors (Lipinski definition) is 4. The predicted octanol–water partition coefficient (Wildman–Crippen LogP) is 2.24. The van der Waals surface area contributed by atoms with Crippen LogP contribution in [-0.4, -0.2) is 23.7 Å². The van der Waals surface area contributed by atoms with Gasteiger partial charge < -0.3 is 20.5 Å². The van der Waals surface area contributed by atoms with Crippen LogP contribution in [0.2, 0.25) is 5.02 Å². The smallest absolute Gasteiger partial charge is 0.338 e. The fourth-order valence-electron chi connectivity index (χ4n) is 2.16. The van der Waals surface area contributed by atoms with Crippen LogP contribution < -0.4 is 10.6 Å². The minimum Gasteiger partial charge on any atom is -0.508 e. The Bertz CT molecular complexity index is 627. The molecule has 0 saturated carbocycles. The first kappa shape index (κ1) is 15.2. The maximum absolute atomic E-state index is 12.1. The quantitative estimate of drug-likeness (QED) is 0.747. The Kier molecular flexibility index (Phi) is 4.37. The summed E-state index contributed by atoms with van der Waals surface area (Å²) in [4.78, 5) is 23.8. The van der Waals surface area contributed by atoms with Gasteiger partial charge in [-0.1, -0.05) is 11.6 Å². The Balaban J connectivity index is 2.52. The molecule has 6 nitrogen and oxygen atoms in total. The zero-order chi connectivity index (χ0) is 15.6. The number of rotatable bonds is 3. The van der Waals surface area contributed by atoms with E-state index in [9.17, 15) is 14.7 Å². The van der Waals surface area contributed by atoms with Crippen LogP contribution in [0, 0.1) is 0 Å². The SMILES string of the molecule is CCOC(=O)C1=C(C)NC(=O)N[C@@H]1c1cc(O)ccc1Cl. The highest BCUT2D eigenvalue weighted by Gasteiger charge is 2.33. The minimum atomic E-state index is -0.780. The summed E-state index contributed by atoms with van der Waals surface area (Å²) in [5, 5.41) is 15.1. The fourth-order valence-corrected chi connectivity index (χ4v) is 2.39. The molecule has 1 atom stereocenters. The van der Waals surface area contributed by atoms with E-state index in [4.69, 9.17) is 16.3 Å². The van der Waals surface area contributed by atoms with Gasteiger partial charge in [-0.15, -0.1) is 0 Å². The number of hydrogen-bond donors (Lipinski definition) is 3. The number of allylic oxidation sites excluding steroid dienone is 1. The second-order valence-electron chi connectivity index (χ2n) is 4.50. The van der Waals surface area contributed by atoms with Crippen molar-refractivity contribution in [2.24, 2.45) is 0 Å². The first-order valence-electron chi connectivity index (χ1n) is 6.37. The van der Waals surface area contributed by atoms with Crippen molar-refractivity contribution in [1.82, 2.24) is 10.6 Å².